The van der Waals surface area contributed by atoms with E-state index in [9.17, 15) is 14.2 Å². The number of benzene rings is 1. The van der Waals surface area contributed by atoms with Crippen LogP contribution in [0.3, 0.4) is 0 Å². The Labute approximate surface area is 209 Å². The first-order chi connectivity index (χ1) is 17.1. The molecule has 1 saturated heterocycles. The lowest BCUT2D eigenvalue weighted by Crippen LogP contribution is -2.36. The monoisotopic (exact) mass is 520 g/mol. The summed E-state index contributed by atoms with van der Waals surface area (Å²) in [7, 11) is -2.48. The first kappa shape index (κ1) is 25.9. The van der Waals surface area contributed by atoms with Crippen molar-refractivity contribution in [3.8, 4) is 0 Å². The molecule has 36 heavy (non-hydrogen) atoms. The highest BCUT2D eigenvalue weighted by Gasteiger charge is 2.33. The number of ether oxygens (including phenoxy) is 1. The summed E-state index contributed by atoms with van der Waals surface area (Å²) in [6.07, 6.45) is 2.58. The van der Waals surface area contributed by atoms with Crippen molar-refractivity contribution < 1.29 is 32.3 Å². The quantitative estimate of drug-likeness (QED) is 0.517. The minimum Gasteiger partial charge on any atom is -0.442 e. The van der Waals surface area contributed by atoms with E-state index in [0.29, 0.717) is 43.1 Å². The summed E-state index contributed by atoms with van der Waals surface area (Å²) in [6.45, 7) is 6.68. The van der Waals surface area contributed by atoms with Crippen molar-refractivity contribution >= 4 is 37.1 Å². The summed E-state index contributed by atoms with van der Waals surface area (Å²) in [5.74, 6) is -0.165. The van der Waals surface area contributed by atoms with Gasteiger partial charge in [0.15, 0.2) is 5.82 Å². The Kier molecular flexibility index (Phi) is 7.80. The Morgan fingerprint density at radius 3 is 2.78 bits per heavy atom. The molecular formula is C24H30FN4O6P. The molecule has 3 heterocycles. The van der Waals surface area contributed by atoms with E-state index in [1.54, 1.807) is 49.9 Å². The maximum Gasteiger partial charge on any atom is 0.414 e. The van der Waals surface area contributed by atoms with Crippen LogP contribution in [0.15, 0.2) is 41.1 Å². The number of carbonyl (C=O) groups excluding carboxylic acids is 2. The normalized spacial score (nSPS) is 19.2. The zero-order chi connectivity index (χ0) is 25.9. The SMILES string of the molecule is CC(C)(C)O[PH](=O)CC(=O)N1CC=C(c2ccc(N3C[C@H](CNc4ccon4)OC3=O)cc2F)CC1. The molecule has 194 valence electrons. The second-order valence-electron chi connectivity index (χ2n) is 9.63. The van der Waals surface area contributed by atoms with Gasteiger partial charge in [-0.25, -0.2) is 9.18 Å². The molecule has 0 bridgehead atoms. The first-order valence-electron chi connectivity index (χ1n) is 11.7. The molecule has 0 saturated carbocycles. The highest BCUT2D eigenvalue weighted by Crippen LogP contribution is 2.32. The Balaban J connectivity index is 1.34. The molecule has 2 amide bonds. The molecule has 1 aromatic heterocycles. The molecule has 12 heteroatoms. The zero-order valence-electron chi connectivity index (χ0n) is 20.5. The van der Waals surface area contributed by atoms with Crippen molar-refractivity contribution in [3.05, 3.63) is 48.0 Å². The van der Waals surface area contributed by atoms with Crippen molar-refractivity contribution in [1.29, 1.82) is 0 Å². The van der Waals surface area contributed by atoms with Crippen LogP contribution in [0.25, 0.3) is 5.57 Å². The van der Waals surface area contributed by atoms with Crippen molar-refractivity contribution in [1.82, 2.24) is 10.1 Å². The van der Waals surface area contributed by atoms with Gasteiger partial charge in [0.2, 0.25) is 13.9 Å². The van der Waals surface area contributed by atoms with Gasteiger partial charge in [0.1, 0.15) is 24.3 Å². The highest BCUT2D eigenvalue weighted by atomic mass is 31.1. The molecule has 2 aliphatic heterocycles. The third kappa shape index (κ3) is 6.53. The van der Waals surface area contributed by atoms with E-state index in [1.807, 2.05) is 0 Å². The first-order valence-corrected chi connectivity index (χ1v) is 13.2. The number of amides is 2. The number of hydrogen-bond donors (Lipinski definition) is 1. The van der Waals surface area contributed by atoms with Gasteiger partial charge in [-0.1, -0.05) is 11.2 Å². The second-order valence-corrected chi connectivity index (χ2v) is 10.9. The molecule has 1 unspecified atom stereocenters. The Bertz CT molecular complexity index is 1160. The molecule has 0 radical (unpaired) electrons. The molecule has 0 aliphatic carbocycles. The Morgan fingerprint density at radius 1 is 1.33 bits per heavy atom. The van der Waals surface area contributed by atoms with Crippen LogP contribution in [0, 0.1) is 5.82 Å². The van der Waals surface area contributed by atoms with Crippen LogP contribution in [0.1, 0.15) is 32.8 Å². The number of cyclic esters (lactones) is 1. The van der Waals surface area contributed by atoms with Crippen LogP contribution in [0.5, 0.6) is 0 Å². The lowest BCUT2D eigenvalue weighted by Gasteiger charge is -2.27. The van der Waals surface area contributed by atoms with Gasteiger partial charge >= 0.3 is 6.09 Å². The van der Waals surface area contributed by atoms with E-state index >= 15 is 4.39 Å². The fourth-order valence-electron chi connectivity index (χ4n) is 4.05. The van der Waals surface area contributed by atoms with Gasteiger partial charge in [0.25, 0.3) is 0 Å². The highest BCUT2D eigenvalue weighted by molar-refractivity contribution is 7.40. The fraction of sp³-hybridized carbons (Fsp3) is 0.458. The summed E-state index contributed by atoms with van der Waals surface area (Å²) in [6, 6.07) is 6.29. The van der Waals surface area contributed by atoms with E-state index in [0.717, 1.165) is 5.57 Å². The van der Waals surface area contributed by atoms with Gasteiger partial charge < -0.3 is 24.0 Å². The molecule has 10 nitrogen and oxygen atoms in total. The predicted octanol–water partition coefficient (Wildman–Crippen LogP) is 4.16. The van der Waals surface area contributed by atoms with Crippen molar-refractivity contribution in [3.63, 3.8) is 0 Å². The number of halogens is 1. The summed E-state index contributed by atoms with van der Waals surface area (Å²) >= 11 is 0. The minimum absolute atomic E-state index is 0.144. The number of rotatable bonds is 8. The molecule has 2 atom stereocenters. The molecule has 0 spiro atoms. The summed E-state index contributed by atoms with van der Waals surface area (Å²) in [4.78, 5) is 27.8. The van der Waals surface area contributed by atoms with Gasteiger partial charge in [-0.3, -0.25) is 14.3 Å². The predicted molar refractivity (Wildman–Crippen MR) is 133 cm³/mol. The fourth-order valence-corrected chi connectivity index (χ4v) is 5.27. The minimum atomic E-state index is -2.48. The standard InChI is InChI=1S/C24H30FN4O6P/c1-24(2,3)35-36(32)15-22(30)28-9-6-16(7-10-28)19-5-4-17(12-20(19)25)29-14-18(34-23(29)31)13-26-21-8-11-33-27-21/h4-6,8,11-12,18,36H,7,9-10,13-15H2,1-3H3,(H,26,27)/t18-/m0/s1. The smallest absolute Gasteiger partial charge is 0.414 e. The van der Waals surface area contributed by atoms with Crippen molar-refractivity contribution in [2.24, 2.45) is 0 Å². The van der Waals surface area contributed by atoms with Crippen LogP contribution < -0.4 is 10.2 Å². The lowest BCUT2D eigenvalue weighted by atomic mass is 9.98. The number of nitrogens with zero attached hydrogens (tertiary/aromatic N) is 3. The van der Waals surface area contributed by atoms with Crippen LogP contribution in [-0.2, 0) is 18.6 Å². The molecule has 4 rings (SSSR count). The van der Waals surface area contributed by atoms with E-state index in [1.165, 1.54) is 17.2 Å². The number of anilines is 2. The van der Waals surface area contributed by atoms with Crippen LogP contribution in [-0.4, -0.2) is 66.1 Å². The van der Waals surface area contributed by atoms with Gasteiger partial charge in [0, 0.05) is 24.7 Å². The Morgan fingerprint density at radius 2 is 2.14 bits per heavy atom. The molecule has 2 aliphatic rings. The Hall–Kier alpha value is -3.17. The van der Waals surface area contributed by atoms with E-state index in [4.69, 9.17) is 13.8 Å². The molecule has 1 N–H and O–H groups in total. The lowest BCUT2D eigenvalue weighted by molar-refractivity contribution is -0.128. The molecule has 1 aromatic carbocycles. The van der Waals surface area contributed by atoms with Crippen LogP contribution in [0.2, 0.25) is 0 Å². The zero-order valence-corrected chi connectivity index (χ0v) is 21.5. The van der Waals surface area contributed by atoms with E-state index < -0.39 is 31.6 Å². The van der Waals surface area contributed by atoms with Crippen LogP contribution >= 0.6 is 8.03 Å². The van der Waals surface area contributed by atoms with E-state index in [-0.39, 0.29) is 18.6 Å². The third-order valence-corrected chi connectivity index (χ3v) is 7.14. The topological polar surface area (TPSA) is 114 Å². The van der Waals surface area contributed by atoms with E-state index in [2.05, 4.69) is 10.5 Å². The molecular weight excluding hydrogens is 490 g/mol. The number of hydrogen-bond acceptors (Lipinski definition) is 8. The molecule has 1 fully saturated rings. The summed E-state index contributed by atoms with van der Waals surface area (Å²) in [5.41, 5.74) is 1.03. The van der Waals surface area contributed by atoms with Gasteiger partial charge in [0.05, 0.1) is 24.4 Å². The van der Waals surface area contributed by atoms with Gasteiger partial charge in [-0.2, -0.15) is 0 Å². The molecule has 2 aromatic rings. The van der Waals surface area contributed by atoms with Crippen molar-refractivity contribution in [2.75, 3.05) is 42.6 Å². The average Bonchev–Trinajstić information content (AvgIpc) is 3.46. The summed E-state index contributed by atoms with van der Waals surface area (Å²) in [5, 5.41) is 6.76. The van der Waals surface area contributed by atoms with Crippen LogP contribution in [0.4, 0.5) is 20.7 Å². The maximum absolute atomic E-state index is 15.0. The third-order valence-electron chi connectivity index (χ3n) is 5.71. The largest absolute Gasteiger partial charge is 0.442 e. The van der Waals surface area contributed by atoms with Gasteiger partial charge in [-0.05, 0) is 51.0 Å². The van der Waals surface area contributed by atoms with Gasteiger partial charge in [-0.15, -0.1) is 0 Å². The number of carbonyl (C=O) groups is 2. The maximum atomic E-state index is 15.0. The summed E-state index contributed by atoms with van der Waals surface area (Å²) < 4.78 is 42.7. The number of nitrogens with one attached hydrogen (secondary N) is 1. The average molecular weight is 520 g/mol. The van der Waals surface area contributed by atoms with Crippen molar-refractivity contribution in [2.45, 2.75) is 38.9 Å². The number of aromatic nitrogens is 1. The second kappa shape index (κ2) is 10.8.